The molecule has 1 saturated heterocycles. The van der Waals surface area contributed by atoms with Gasteiger partial charge in [0.15, 0.2) is 0 Å². The van der Waals surface area contributed by atoms with Gasteiger partial charge in [0.25, 0.3) is 5.91 Å². The van der Waals surface area contributed by atoms with Crippen LogP contribution in [0, 0.1) is 6.92 Å². The van der Waals surface area contributed by atoms with Gasteiger partial charge in [-0.05, 0) is 38.0 Å². The van der Waals surface area contributed by atoms with Crippen molar-refractivity contribution in [3.8, 4) is 16.3 Å². The predicted molar refractivity (Wildman–Crippen MR) is 127 cm³/mol. The summed E-state index contributed by atoms with van der Waals surface area (Å²) in [6, 6.07) is 16.6. The molecular weight excluding hydrogens is 406 g/mol. The van der Waals surface area contributed by atoms with Crippen molar-refractivity contribution in [2.24, 2.45) is 0 Å². The van der Waals surface area contributed by atoms with E-state index in [2.05, 4.69) is 42.2 Å². The van der Waals surface area contributed by atoms with Crippen LogP contribution in [-0.2, 0) is 6.42 Å². The van der Waals surface area contributed by atoms with E-state index in [1.54, 1.807) is 0 Å². The number of carbonyl (C=O) groups is 1. The summed E-state index contributed by atoms with van der Waals surface area (Å²) in [6.07, 6.45) is 1.02. The highest BCUT2D eigenvalue weighted by molar-refractivity contribution is 7.17. The van der Waals surface area contributed by atoms with E-state index in [9.17, 15) is 4.79 Å². The molecule has 0 aliphatic carbocycles. The lowest BCUT2D eigenvalue weighted by Crippen LogP contribution is -2.48. The first-order chi connectivity index (χ1) is 15.1. The molecule has 4 rings (SSSR count). The number of benzene rings is 2. The van der Waals surface area contributed by atoms with Gasteiger partial charge in [-0.25, -0.2) is 4.98 Å². The minimum absolute atomic E-state index is 0.0872. The molecule has 1 aromatic heterocycles. The van der Waals surface area contributed by atoms with Crippen molar-refractivity contribution in [3.05, 3.63) is 64.7 Å². The van der Waals surface area contributed by atoms with Crippen LogP contribution in [0.3, 0.4) is 0 Å². The lowest BCUT2D eigenvalue weighted by molar-refractivity contribution is 0.0750. The molecule has 0 spiro atoms. The average molecular weight is 436 g/mol. The standard InChI is InChI=1S/C25H29N3O2S/c1-4-19-10-12-20(13-11-19)24-26-18(3)23(31-24)25(29)28-16-14-27(15-17-28)21-8-6-7-9-22(21)30-5-2/h6-13H,4-5,14-17H2,1-3H3. The molecule has 1 aliphatic heterocycles. The van der Waals surface area contributed by atoms with Crippen molar-refractivity contribution in [1.29, 1.82) is 0 Å². The number of nitrogens with zero attached hydrogens (tertiary/aromatic N) is 3. The van der Waals surface area contributed by atoms with Crippen LogP contribution in [0.15, 0.2) is 48.5 Å². The van der Waals surface area contributed by atoms with Crippen LogP contribution in [-0.4, -0.2) is 48.6 Å². The van der Waals surface area contributed by atoms with Gasteiger partial charge in [0.1, 0.15) is 15.6 Å². The molecule has 5 nitrogen and oxygen atoms in total. The Morgan fingerprint density at radius 1 is 1.03 bits per heavy atom. The highest BCUT2D eigenvalue weighted by Crippen LogP contribution is 2.31. The van der Waals surface area contributed by atoms with Crippen molar-refractivity contribution in [2.75, 3.05) is 37.7 Å². The van der Waals surface area contributed by atoms with Crippen LogP contribution >= 0.6 is 11.3 Å². The van der Waals surface area contributed by atoms with Gasteiger partial charge >= 0.3 is 0 Å². The SMILES string of the molecule is CCOc1ccccc1N1CCN(C(=O)c2sc(-c3ccc(CC)cc3)nc2C)CC1. The van der Waals surface area contributed by atoms with Crippen LogP contribution in [0.1, 0.15) is 34.8 Å². The predicted octanol–water partition coefficient (Wildman–Crippen LogP) is 5.04. The van der Waals surface area contributed by atoms with Crippen LogP contribution in [0.2, 0.25) is 0 Å². The lowest BCUT2D eigenvalue weighted by Gasteiger charge is -2.36. The van der Waals surface area contributed by atoms with Gasteiger partial charge in [0.05, 0.1) is 18.0 Å². The number of para-hydroxylation sites is 2. The highest BCUT2D eigenvalue weighted by atomic mass is 32.1. The molecule has 0 radical (unpaired) electrons. The number of amides is 1. The maximum absolute atomic E-state index is 13.2. The quantitative estimate of drug-likeness (QED) is 0.544. The van der Waals surface area contributed by atoms with E-state index in [4.69, 9.17) is 9.72 Å². The van der Waals surface area contributed by atoms with Gasteiger partial charge in [-0.2, -0.15) is 0 Å². The highest BCUT2D eigenvalue weighted by Gasteiger charge is 2.26. The molecule has 1 aliphatic rings. The second kappa shape index (κ2) is 9.52. The van der Waals surface area contributed by atoms with Gasteiger partial charge in [0.2, 0.25) is 0 Å². The van der Waals surface area contributed by atoms with E-state index >= 15 is 0 Å². The maximum atomic E-state index is 13.2. The summed E-state index contributed by atoms with van der Waals surface area (Å²) >= 11 is 1.50. The zero-order chi connectivity index (χ0) is 21.8. The third-order valence-corrected chi connectivity index (χ3v) is 6.87. The van der Waals surface area contributed by atoms with E-state index in [0.29, 0.717) is 19.7 Å². The van der Waals surface area contributed by atoms with Crippen molar-refractivity contribution in [2.45, 2.75) is 27.2 Å². The Kier molecular flexibility index (Phi) is 6.56. The first-order valence-electron chi connectivity index (χ1n) is 10.9. The van der Waals surface area contributed by atoms with Gasteiger partial charge in [-0.3, -0.25) is 4.79 Å². The fraction of sp³-hybridized carbons (Fsp3) is 0.360. The molecule has 6 heteroatoms. The topological polar surface area (TPSA) is 45.7 Å². The number of aryl methyl sites for hydroxylation is 2. The number of thiazole rings is 1. The zero-order valence-electron chi connectivity index (χ0n) is 18.4. The Balaban J connectivity index is 1.45. The van der Waals surface area contributed by atoms with Gasteiger partial charge < -0.3 is 14.5 Å². The molecule has 0 saturated carbocycles. The van der Waals surface area contributed by atoms with Gasteiger partial charge in [0, 0.05) is 31.7 Å². The molecule has 0 N–H and O–H groups in total. The first kappa shape index (κ1) is 21.4. The van der Waals surface area contributed by atoms with Gasteiger partial charge in [-0.1, -0.05) is 43.3 Å². The minimum Gasteiger partial charge on any atom is -0.492 e. The Morgan fingerprint density at radius 2 is 1.74 bits per heavy atom. The molecule has 2 aromatic carbocycles. The van der Waals surface area contributed by atoms with E-state index in [-0.39, 0.29) is 5.91 Å². The summed E-state index contributed by atoms with van der Waals surface area (Å²) in [5.41, 5.74) is 4.29. The van der Waals surface area contributed by atoms with E-state index < -0.39 is 0 Å². The summed E-state index contributed by atoms with van der Waals surface area (Å²) in [7, 11) is 0. The van der Waals surface area contributed by atoms with Crippen LogP contribution in [0.25, 0.3) is 10.6 Å². The maximum Gasteiger partial charge on any atom is 0.265 e. The first-order valence-corrected chi connectivity index (χ1v) is 11.7. The summed E-state index contributed by atoms with van der Waals surface area (Å²) in [6.45, 7) is 9.68. The molecule has 0 unspecified atom stereocenters. The van der Waals surface area contributed by atoms with E-state index in [0.717, 1.165) is 52.1 Å². The fourth-order valence-electron chi connectivity index (χ4n) is 3.89. The summed E-state index contributed by atoms with van der Waals surface area (Å²) in [5.74, 6) is 0.992. The zero-order valence-corrected chi connectivity index (χ0v) is 19.2. The summed E-state index contributed by atoms with van der Waals surface area (Å²) in [4.78, 5) is 22.9. The smallest absolute Gasteiger partial charge is 0.265 e. The fourth-order valence-corrected chi connectivity index (χ4v) is 4.93. The number of hydrogen-bond acceptors (Lipinski definition) is 5. The lowest BCUT2D eigenvalue weighted by atomic mass is 10.1. The Morgan fingerprint density at radius 3 is 2.42 bits per heavy atom. The molecule has 162 valence electrons. The number of hydrogen-bond donors (Lipinski definition) is 0. The molecule has 2 heterocycles. The van der Waals surface area contributed by atoms with Gasteiger partial charge in [-0.15, -0.1) is 11.3 Å². The van der Waals surface area contributed by atoms with Crippen LogP contribution in [0.4, 0.5) is 5.69 Å². The molecule has 0 bridgehead atoms. The number of carbonyl (C=O) groups excluding carboxylic acids is 1. The molecule has 1 fully saturated rings. The molecule has 3 aromatic rings. The Bertz CT molecular complexity index is 1040. The molecule has 1 amide bonds. The van der Waals surface area contributed by atoms with Crippen LogP contribution < -0.4 is 9.64 Å². The largest absolute Gasteiger partial charge is 0.492 e. The Hall–Kier alpha value is -2.86. The van der Waals surface area contributed by atoms with E-state index in [1.165, 1.54) is 16.9 Å². The van der Waals surface area contributed by atoms with E-state index in [1.807, 2.05) is 36.9 Å². The van der Waals surface area contributed by atoms with Crippen molar-refractivity contribution in [3.63, 3.8) is 0 Å². The number of ether oxygens (including phenoxy) is 1. The number of rotatable bonds is 6. The average Bonchev–Trinajstić information content (AvgIpc) is 3.21. The Labute approximate surface area is 188 Å². The second-order valence-corrected chi connectivity index (χ2v) is 8.66. The monoisotopic (exact) mass is 435 g/mol. The summed E-state index contributed by atoms with van der Waals surface area (Å²) < 4.78 is 5.78. The number of anilines is 1. The normalized spacial score (nSPS) is 14.0. The molecule has 31 heavy (non-hydrogen) atoms. The number of piperazine rings is 1. The minimum atomic E-state index is 0.0872. The second-order valence-electron chi connectivity index (χ2n) is 7.66. The molecular formula is C25H29N3O2S. The third kappa shape index (κ3) is 4.59. The van der Waals surface area contributed by atoms with Crippen LogP contribution in [0.5, 0.6) is 5.75 Å². The summed E-state index contributed by atoms with van der Waals surface area (Å²) in [5, 5.41) is 0.910. The number of aromatic nitrogens is 1. The van der Waals surface area contributed by atoms with Crippen molar-refractivity contribution >= 4 is 22.9 Å². The third-order valence-electron chi connectivity index (χ3n) is 5.67. The molecule has 0 atom stereocenters. The van der Waals surface area contributed by atoms with Crippen molar-refractivity contribution in [1.82, 2.24) is 9.88 Å². The van der Waals surface area contributed by atoms with Crippen molar-refractivity contribution < 1.29 is 9.53 Å².